The number of carboxylic acids is 1. The molecule has 0 atom stereocenters. The SMILES string of the molecule is CCCc1cc(CCCCCOc2cccc3c(OCC(=O)[O-])cccc23)ccc1OC. The number of aliphatic carboxylic acids is 1. The van der Waals surface area contributed by atoms with Crippen LogP contribution >= 0.6 is 0 Å². The zero-order valence-corrected chi connectivity index (χ0v) is 18.9. The minimum absolute atomic E-state index is 0.474. The van der Waals surface area contributed by atoms with Gasteiger partial charge in [0, 0.05) is 10.8 Å². The first-order chi connectivity index (χ1) is 15.6. The number of fused-ring (bicyclic) bond motifs is 1. The first-order valence-corrected chi connectivity index (χ1v) is 11.3. The van der Waals surface area contributed by atoms with Gasteiger partial charge in [0.1, 0.15) is 23.9 Å². The van der Waals surface area contributed by atoms with Crippen LogP contribution in [0.15, 0.2) is 54.6 Å². The Bertz CT molecular complexity index is 1030. The molecular weight excluding hydrogens is 404 g/mol. The molecule has 3 aromatic carbocycles. The third kappa shape index (κ3) is 6.39. The van der Waals surface area contributed by atoms with Gasteiger partial charge in [0.05, 0.1) is 19.7 Å². The van der Waals surface area contributed by atoms with Crippen LogP contribution in [0.25, 0.3) is 10.8 Å². The Kier molecular flexibility index (Phi) is 8.79. The molecule has 32 heavy (non-hydrogen) atoms. The zero-order valence-electron chi connectivity index (χ0n) is 18.9. The molecule has 0 aliphatic rings. The minimum atomic E-state index is -1.24. The third-order valence-electron chi connectivity index (χ3n) is 5.42. The first-order valence-electron chi connectivity index (χ1n) is 11.3. The van der Waals surface area contributed by atoms with E-state index in [1.54, 1.807) is 13.2 Å². The largest absolute Gasteiger partial charge is 0.546 e. The molecule has 0 aromatic heterocycles. The fraction of sp³-hybridized carbons (Fsp3) is 0.370. The maximum Gasteiger partial charge on any atom is 0.128 e. The van der Waals surface area contributed by atoms with E-state index < -0.39 is 12.6 Å². The molecule has 5 nitrogen and oxygen atoms in total. The van der Waals surface area contributed by atoms with E-state index in [0.717, 1.165) is 60.8 Å². The second kappa shape index (κ2) is 12.0. The second-order valence-electron chi connectivity index (χ2n) is 7.82. The average molecular weight is 436 g/mol. The normalized spacial score (nSPS) is 10.8. The summed E-state index contributed by atoms with van der Waals surface area (Å²) < 4.78 is 16.8. The lowest BCUT2D eigenvalue weighted by atomic mass is 10.0. The molecule has 0 fully saturated rings. The number of carbonyl (C=O) groups excluding carboxylic acids is 1. The summed E-state index contributed by atoms with van der Waals surface area (Å²) >= 11 is 0. The Morgan fingerprint density at radius 1 is 0.844 bits per heavy atom. The molecule has 0 radical (unpaired) electrons. The Balaban J connectivity index is 1.49. The quantitative estimate of drug-likeness (QED) is 0.363. The van der Waals surface area contributed by atoms with Crippen molar-refractivity contribution in [2.75, 3.05) is 20.3 Å². The van der Waals surface area contributed by atoms with E-state index in [2.05, 4.69) is 25.1 Å². The molecule has 0 spiro atoms. The summed E-state index contributed by atoms with van der Waals surface area (Å²) in [6.07, 6.45) is 6.35. The van der Waals surface area contributed by atoms with Gasteiger partial charge in [-0.3, -0.25) is 0 Å². The van der Waals surface area contributed by atoms with E-state index in [-0.39, 0.29) is 0 Å². The molecular formula is C27H31O5-. The van der Waals surface area contributed by atoms with Crippen LogP contribution in [0.1, 0.15) is 43.7 Å². The van der Waals surface area contributed by atoms with Crippen molar-refractivity contribution < 1.29 is 24.1 Å². The van der Waals surface area contributed by atoms with E-state index in [4.69, 9.17) is 14.2 Å². The van der Waals surface area contributed by atoms with Crippen molar-refractivity contribution in [3.05, 3.63) is 65.7 Å². The number of hydrogen-bond donors (Lipinski definition) is 0. The fourth-order valence-electron chi connectivity index (χ4n) is 3.88. The van der Waals surface area contributed by atoms with Crippen molar-refractivity contribution in [2.24, 2.45) is 0 Å². The summed E-state index contributed by atoms with van der Waals surface area (Å²) in [5.74, 6) is 1.03. The van der Waals surface area contributed by atoms with E-state index in [0.29, 0.717) is 12.4 Å². The van der Waals surface area contributed by atoms with Crippen molar-refractivity contribution in [3.63, 3.8) is 0 Å². The Morgan fingerprint density at radius 3 is 2.22 bits per heavy atom. The van der Waals surface area contributed by atoms with E-state index in [1.807, 2.05) is 30.3 Å². The molecule has 5 heteroatoms. The maximum atomic E-state index is 10.7. The molecule has 0 aliphatic carbocycles. The Hall–Kier alpha value is -3.21. The lowest BCUT2D eigenvalue weighted by Crippen LogP contribution is -2.28. The molecule has 3 aromatic rings. The number of methoxy groups -OCH3 is 1. The summed E-state index contributed by atoms with van der Waals surface area (Å²) in [4.78, 5) is 10.7. The van der Waals surface area contributed by atoms with Gasteiger partial charge in [-0.15, -0.1) is 0 Å². The van der Waals surface area contributed by atoms with Crippen molar-refractivity contribution in [3.8, 4) is 17.2 Å². The van der Waals surface area contributed by atoms with Crippen molar-refractivity contribution >= 4 is 16.7 Å². The van der Waals surface area contributed by atoms with Gasteiger partial charge in [-0.1, -0.05) is 49.7 Å². The van der Waals surface area contributed by atoms with Crippen LogP contribution in [0.5, 0.6) is 17.2 Å². The van der Waals surface area contributed by atoms with E-state index in [9.17, 15) is 9.90 Å². The molecule has 0 unspecified atom stereocenters. The third-order valence-corrected chi connectivity index (χ3v) is 5.42. The standard InChI is InChI=1S/C27H32O5/c1-3-9-21-18-20(15-16-24(21)30-2)10-5-4-6-17-31-25-13-7-12-23-22(25)11-8-14-26(23)32-19-27(28)29/h7-8,11-16,18H,3-6,9-10,17,19H2,1-2H3,(H,28,29)/p-1. The number of aryl methyl sites for hydroxylation is 2. The molecule has 0 saturated heterocycles. The van der Waals surface area contributed by atoms with Crippen molar-refractivity contribution in [2.45, 2.75) is 45.4 Å². The number of carboxylic acid groups (broad SMARTS) is 1. The van der Waals surface area contributed by atoms with Crippen LogP contribution in [0, 0.1) is 0 Å². The number of benzene rings is 3. The van der Waals surface area contributed by atoms with Gasteiger partial charge >= 0.3 is 0 Å². The van der Waals surface area contributed by atoms with Gasteiger partial charge in [-0.05, 0) is 61.4 Å². The summed E-state index contributed by atoms with van der Waals surface area (Å²) in [5, 5.41) is 12.4. The lowest BCUT2D eigenvalue weighted by Gasteiger charge is -2.13. The highest BCUT2D eigenvalue weighted by Crippen LogP contribution is 2.32. The fourth-order valence-corrected chi connectivity index (χ4v) is 3.88. The highest BCUT2D eigenvalue weighted by atomic mass is 16.5. The number of carbonyl (C=O) groups is 1. The summed E-state index contributed by atoms with van der Waals surface area (Å²) in [6, 6.07) is 17.8. The molecule has 0 heterocycles. The molecule has 0 amide bonds. The lowest BCUT2D eigenvalue weighted by molar-refractivity contribution is -0.307. The molecule has 3 rings (SSSR count). The molecule has 0 saturated carbocycles. The van der Waals surface area contributed by atoms with Crippen LogP contribution in [0.3, 0.4) is 0 Å². The average Bonchev–Trinajstić information content (AvgIpc) is 2.80. The maximum absolute atomic E-state index is 10.7. The van der Waals surface area contributed by atoms with Gasteiger partial charge in [-0.2, -0.15) is 0 Å². The zero-order chi connectivity index (χ0) is 22.8. The number of unbranched alkanes of at least 4 members (excludes halogenated alkanes) is 2. The Labute approximate surface area is 189 Å². The molecule has 170 valence electrons. The van der Waals surface area contributed by atoms with Crippen LogP contribution in [0.4, 0.5) is 0 Å². The predicted octanol–water partition coefficient (Wildman–Crippen LogP) is 4.72. The van der Waals surface area contributed by atoms with Gasteiger partial charge in [0.15, 0.2) is 0 Å². The highest BCUT2D eigenvalue weighted by Gasteiger charge is 2.07. The van der Waals surface area contributed by atoms with Gasteiger partial charge in [0.25, 0.3) is 0 Å². The van der Waals surface area contributed by atoms with Crippen LogP contribution in [-0.4, -0.2) is 26.3 Å². The monoisotopic (exact) mass is 435 g/mol. The molecule has 0 aliphatic heterocycles. The van der Waals surface area contributed by atoms with Crippen molar-refractivity contribution in [1.29, 1.82) is 0 Å². The number of hydrogen-bond acceptors (Lipinski definition) is 5. The van der Waals surface area contributed by atoms with Gasteiger partial charge in [0.2, 0.25) is 0 Å². The summed E-state index contributed by atoms with van der Waals surface area (Å²) in [6.45, 7) is 2.34. The van der Waals surface area contributed by atoms with Crippen LogP contribution < -0.4 is 19.3 Å². The van der Waals surface area contributed by atoms with E-state index in [1.165, 1.54) is 11.1 Å². The topological polar surface area (TPSA) is 67.8 Å². The minimum Gasteiger partial charge on any atom is -0.546 e. The van der Waals surface area contributed by atoms with E-state index >= 15 is 0 Å². The second-order valence-corrected chi connectivity index (χ2v) is 7.82. The van der Waals surface area contributed by atoms with Gasteiger partial charge < -0.3 is 24.1 Å². The van der Waals surface area contributed by atoms with Crippen LogP contribution in [-0.2, 0) is 17.6 Å². The smallest absolute Gasteiger partial charge is 0.128 e. The summed E-state index contributed by atoms with van der Waals surface area (Å²) in [7, 11) is 1.73. The van der Waals surface area contributed by atoms with Crippen LogP contribution in [0.2, 0.25) is 0 Å². The number of rotatable bonds is 13. The summed E-state index contributed by atoms with van der Waals surface area (Å²) in [5.41, 5.74) is 2.64. The first kappa shape index (κ1) is 23.5. The Morgan fingerprint density at radius 2 is 1.56 bits per heavy atom. The molecule has 0 bridgehead atoms. The number of ether oxygens (including phenoxy) is 3. The van der Waals surface area contributed by atoms with Crippen molar-refractivity contribution in [1.82, 2.24) is 0 Å². The molecule has 0 N–H and O–H groups in total. The highest BCUT2D eigenvalue weighted by molar-refractivity contribution is 5.93. The predicted molar refractivity (Wildman–Crippen MR) is 124 cm³/mol. The van der Waals surface area contributed by atoms with Gasteiger partial charge in [-0.25, -0.2) is 0 Å².